The Hall–Kier alpha value is -1.84. The summed E-state index contributed by atoms with van der Waals surface area (Å²) in [7, 11) is 0. The first-order valence-electron chi connectivity index (χ1n) is 6.51. The van der Waals surface area contributed by atoms with Crippen molar-refractivity contribution in [2.24, 2.45) is 0 Å². The Morgan fingerprint density at radius 3 is 2.95 bits per heavy atom. The fourth-order valence-electron chi connectivity index (χ4n) is 2.45. The summed E-state index contributed by atoms with van der Waals surface area (Å²) in [6.07, 6.45) is 3.02. The zero-order valence-corrected chi connectivity index (χ0v) is 13.5. The monoisotopic (exact) mass is 361 g/mol. The fraction of sp³-hybridized carbons (Fsp3) is 0.200. The molecule has 1 aromatic carbocycles. The van der Waals surface area contributed by atoms with Crippen LogP contribution in [0.2, 0.25) is 0 Å². The maximum absolute atomic E-state index is 12.3. The number of nitrogen functional groups attached to an aromatic ring is 1. The largest absolute Gasteiger partial charge is 0.398 e. The van der Waals surface area contributed by atoms with Crippen LogP contribution in [-0.2, 0) is 12.8 Å². The highest BCUT2D eigenvalue weighted by Gasteiger charge is 2.23. The van der Waals surface area contributed by atoms with Gasteiger partial charge in [0, 0.05) is 20.6 Å². The molecule has 0 saturated heterocycles. The molecule has 2 aromatic rings. The first kappa shape index (κ1) is 14.1. The first-order chi connectivity index (χ1) is 10.1. The van der Waals surface area contributed by atoms with Crippen LogP contribution in [0.25, 0.3) is 0 Å². The number of nitrogens with zero attached hydrogens (tertiary/aromatic N) is 1. The van der Waals surface area contributed by atoms with Crippen LogP contribution in [0.5, 0.6) is 0 Å². The normalized spacial score (nSPS) is 12.8. The molecule has 0 radical (unpaired) electrons. The third kappa shape index (κ3) is 2.55. The number of nitriles is 1. The Balaban J connectivity index is 1.88. The van der Waals surface area contributed by atoms with E-state index in [2.05, 4.69) is 27.3 Å². The zero-order valence-electron chi connectivity index (χ0n) is 11.1. The van der Waals surface area contributed by atoms with Crippen molar-refractivity contribution < 1.29 is 4.79 Å². The number of nitrogens with one attached hydrogen (secondary N) is 1. The Labute approximate surface area is 134 Å². The number of carbonyl (C=O) groups excluding carboxylic acids is 1. The lowest BCUT2D eigenvalue weighted by Crippen LogP contribution is -2.12. The molecule has 1 aromatic heterocycles. The van der Waals surface area contributed by atoms with Crippen molar-refractivity contribution in [2.45, 2.75) is 19.3 Å². The molecule has 106 valence electrons. The van der Waals surface area contributed by atoms with Crippen LogP contribution >= 0.6 is 27.3 Å². The van der Waals surface area contributed by atoms with Gasteiger partial charge < -0.3 is 11.1 Å². The maximum Gasteiger partial charge on any atom is 0.256 e. The summed E-state index contributed by atoms with van der Waals surface area (Å²) in [6, 6.07) is 7.25. The summed E-state index contributed by atoms with van der Waals surface area (Å²) in [6.45, 7) is 0. The summed E-state index contributed by atoms with van der Waals surface area (Å²) in [4.78, 5) is 13.5. The van der Waals surface area contributed by atoms with E-state index in [1.165, 1.54) is 16.2 Å². The van der Waals surface area contributed by atoms with Gasteiger partial charge in [-0.2, -0.15) is 5.26 Å². The predicted molar refractivity (Wildman–Crippen MR) is 87.6 cm³/mol. The fourth-order valence-corrected chi connectivity index (χ4v) is 4.07. The van der Waals surface area contributed by atoms with Gasteiger partial charge in [0.1, 0.15) is 11.1 Å². The first-order valence-corrected chi connectivity index (χ1v) is 8.12. The quantitative estimate of drug-likeness (QED) is 0.800. The molecule has 6 heteroatoms. The Kier molecular flexibility index (Phi) is 3.70. The molecule has 3 rings (SSSR count). The second-order valence-electron chi connectivity index (χ2n) is 4.86. The van der Waals surface area contributed by atoms with E-state index in [-0.39, 0.29) is 5.91 Å². The van der Waals surface area contributed by atoms with Gasteiger partial charge in [-0.05, 0) is 59.0 Å². The summed E-state index contributed by atoms with van der Waals surface area (Å²) in [5.41, 5.74) is 8.54. The molecule has 0 aliphatic heterocycles. The summed E-state index contributed by atoms with van der Waals surface area (Å²) < 4.78 is 0.685. The van der Waals surface area contributed by atoms with Crippen LogP contribution in [0.1, 0.15) is 32.8 Å². The second-order valence-corrected chi connectivity index (χ2v) is 6.82. The van der Waals surface area contributed by atoms with Crippen molar-refractivity contribution in [3.05, 3.63) is 44.2 Å². The lowest BCUT2D eigenvalue weighted by atomic mass is 10.1. The lowest BCUT2D eigenvalue weighted by molar-refractivity contribution is 0.102. The molecule has 0 unspecified atom stereocenters. The molecule has 1 aliphatic carbocycles. The molecule has 3 N–H and O–H groups in total. The van der Waals surface area contributed by atoms with Gasteiger partial charge in [-0.25, -0.2) is 0 Å². The number of nitrogens with two attached hydrogens (primary N) is 1. The minimum absolute atomic E-state index is 0.230. The van der Waals surface area contributed by atoms with Crippen LogP contribution in [0.3, 0.4) is 0 Å². The molecule has 0 bridgehead atoms. The van der Waals surface area contributed by atoms with Gasteiger partial charge in [0.2, 0.25) is 0 Å². The van der Waals surface area contributed by atoms with Crippen LogP contribution in [0.4, 0.5) is 10.7 Å². The number of fused-ring (bicyclic) bond motifs is 1. The maximum atomic E-state index is 12.3. The van der Waals surface area contributed by atoms with Gasteiger partial charge in [0.25, 0.3) is 5.91 Å². The molecule has 1 heterocycles. The van der Waals surface area contributed by atoms with Crippen molar-refractivity contribution in [3.8, 4) is 6.07 Å². The van der Waals surface area contributed by atoms with E-state index in [0.717, 1.165) is 24.8 Å². The van der Waals surface area contributed by atoms with E-state index in [4.69, 9.17) is 5.73 Å². The predicted octanol–water partition coefficient (Wildman–Crippen LogP) is 3.71. The summed E-state index contributed by atoms with van der Waals surface area (Å²) in [5, 5.41) is 12.8. The minimum atomic E-state index is -0.230. The van der Waals surface area contributed by atoms with E-state index in [0.29, 0.717) is 26.3 Å². The van der Waals surface area contributed by atoms with Crippen LogP contribution in [-0.4, -0.2) is 5.91 Å². The molecule has 1 amide bonds. The molecule has 0 fully saturated rings. The number of hydrogen-bond acceptors (Lipinski definition) is 4. The number of carbonyl (C=O) groups is 1. The minimum Gasteiger partial charge on any atom is -0.398 e. The van der Waals surface area contributed by atoms with Crippen molar-refractivity contribution in [3.63, 3.8) is 0 Å². The number of benzene rings is 1. The van der Waals surface area contributed by atoms with Crippen LogP contribution in [0, 0.1) is 11.3 Å². The Morgan fingerprint density at radius 2 is 2.24 bits per heavy atom. The van der Waals surface area contributed by atoms with Gasteiger partial charge in [0.05, 0.1) is 5.56 Å². The number of aryl methyl sites for hydroxylation is 1. The van der Waals surface area contributed by atoms with E-state index in [1.54, 1.807) is 18.2 Å². The van der Waals surface area contributed by atoms with Crippen molar-refractivity contribution in [2.75, 3.05) is 11.1 Å². The number of halogens is 1. The SMILES string of the molecule is N#Cc1c(NC(=O)c2ccc(N)c(Br)c2)sc2c1CCC2. The third-order valence-electron chi connectivity index (χ3n) is 3.52. The Morgan fingerprint density at radius 1 is 1.43 bits per heavy atom. The van der Waals surface area contributed by atoms with Gasteiger partial charge in [-0.3, -0.25) is 4.79 Å². The van der Waals surface area contributed by atoms with Crippen LogP contribution in [0.15, 0.2) is 22.7 Å². The van der Waals surface area contributed by atoms with Gasteiger partial charge in [0.15, 0.2) is 0 Å². The number of amides is 1. The van der Waals surface area contributed by atoms with E-state index < -0.39 is 0 Å². The highest BCUT2D eigenvalue weighted by molar-refractivity contribution is 9.10. The molecule has 0 spiro atoms. The van der Waals surface area contributed by atoms with Crippen LogP contribution < -0.4 is 11.1 Å². The smallest absolute Gasteiger partial charge is 0.256 e. The standard InChI is InChI=1S/C15H12BrN3OS/c16-11-6-8(4-5-12(11)18)14(20)19-15-10(7-17)9-2-1-3-13(9)21-15/h4-6H,1-3,18H2,(H,19,20). The van der Waals surface area contributed by atoms with Gasteiger partial charge in [-0.15, -0.1) is 11.3 Å². The van der Waals surface area contributed by atoms with Crippen molar-refractivity contribution >= 4 is 43.9 Å². The molecular formula is C15H12BrN3OS. The van der Waals surface area contributed by atoms with Gasteiger partial charge in [-0.1, -0.05) is 0 Å². The second kappa shape index (κ2) is 5.51. The third-order valence-corrected chi connectivity index (χ3v) is 5.42. The molecule has 0 saturated carbocycles. The van der Waals surface area contributed by atoms with E-state index in [1.807, 2.05) is 0 Å². The van der Waals surface area contributed by atoms with E-state index in [9.17, 15) is 10.1 Å². The summed E-state index contributed by atoms with van der Waals surface area (Å²) in [5.74, 6) is -0.230. The highest BCUT2D eigenvalue weighted by Crippen LogP contribution is 2.38. The Bertz CT molecular complexity index is 776. The van der Waals surface area contributed by atoms with E-state index >= 15 is 0 Å². The van der Waals surface area contributed by atoms with Crippen molar-refractivity contribution in [1.82, 2.24) is 0 Å². The highest BCUT2D eigenvalue weighted by atomic mass is 79.9. The van der Waals surface area contributed by atoms with Crippen molar-refractivity contribution in [1.29, 1.82) is 5.26 Å². The summed E-state index contributed by atoms with van der Waals surface area (Å²) >= 11 is 4.82. The topological polar surface area (TPSA) is 78.9 Å². The zero-order chi connectivity index (χ0) is 15.0. The number of hydrogen-bond donors (Lipinski definition) is 2. The lowest BCUT2D eigenvalue weighted by Gasteiger charge is -2.06. The number of rotatable bonds is 2. The van der Waals surface area contributed by atoms with Gasteiger partial charge >= 0.3 is 0 Å². The molecule has 0 atom stereocenters. The number of thiophene rings is 1. The number of anilines is 2. The molecular weight excluding hydrogens is 350 g/mol. The molecule has 4 nitrogen and oxygen atoms in total. The molecule has 21 heavy (non-hydrogen) atoms. The average molecular weight is 362 g/mol. The molecule has 1 aliphatic rings. The average Bonchev–Trinajstić information content (AvgIpc) is 3.02.